The van der Waals surface area contributed by atoms with Crippen molar-refractivity contribution in [1.82, 2.24) is 69.1 Å². The molecule has 14 amide bonds. The molecule has 630 valence electrons. The van der Waals surface area contributed by atoms with Gasteiger partial charge in [0.2, 0.25) is 82.7 Å². The highest BCUT2D eigenvalue weighted by atomic mass is 32.2. The SMILES string of the molecule is CSCC[C@H](NC(=O)[C@H](CC(C)C)NC(=O)CNC(=O)[C@H](Cc1ccc(O)cc1)NC(=O)[C@H](Cc1ccccc1)NC(=O)[C@H](CCCCN)NC(=O)[C@H](CC(=O)O)NC(=O)[C@H](CCCCN)NC(=O)[C@H](CCCCN)NC(=O)[C@H](CC(=O)O)NC(=O)[C@H](CCCCN)NC(=O)[C@H](CCCCN)NC(=O)[C@@H]1CCC(=O)N1)C(N)=O. The Kier molecular flexibility index (Phi) is 46.2. The number of primary amides is 1. The topological polar surface area (TPSA) is 646 Å². The summed E-state index contributed by atoms with van der Waals surface area (Å²) < 4.78 is 0. The molecule has 28 N–H and O–H groups in total. The molecule has 12 atom stereocenters. The van der Waals surface area contributed by atoms with Crippen molar-refractivity contribution in [1.29, 1.82) is 0 Å². The second-order valence-corrected chi connectivity index (χ2v) is 29.1. The highest BCUT2D eigenvalue weighted by molar-refractivity contribution is 7.98. The number of thioether (sulfide) groups is 1. The smallest absolute Gasteiger partial charge is 0.305 e. The molecule has 113 heavy (non-hydrogen) atoms. The standard InChI is InChI=1S/C74H119N19O19S/c1-43(2)37-54(71(109)84-47(63(80)101)30-36-113-3)83-60(96)42-81-64(102)55(39-45-24-26-46(94)27-25-45)90-72(110)56(38-44-17-5-4-6-18-44)91-67(105)52(23-11-16-35-79)89-74(112)58(41-62(99)100)93-69(107)51(22-10-15-34-78)86-66(104)49(20-8-13-32-76)88-73(111)57(40-61(97)98)92-68(106)50(21-9-14-33-77)85-65(103)48(19-7-12-31-75)87-70(108)53-28-29-59(95)82-53/h4-6,17-18,24-27,43,47-58,94H,7-16,19-23,28-42,75-79H2,1-3H3,(H2,80,101)(H,81,102)(H,82,95)(H,83,96)(H,84,109)(H,85,103)(H,86,104)(H,87,108)(H,88,111)(H,89,112)(H,90,110)(H,91,105)(H,92,106)(H,93,107)(H,97,98)(H,99,100)/t47-,48-,49-,50-,51-,52-,53-,54-,55-,56-,57-,58-/m0/s1. The molecule has 0 spiro atoms. The zero-order valence-electron chi connectivity index (χ0n) is 64.7. The number of phenols is 1. The molecule has 1 heterocycles. The van der Waals surface area contributed by atoms with Gasteiger partial charge in [0.15, 0.2) is 0 Å². The number of phenolic OH excluding ortho intramolecular Hbond substituents is 1. The van der Waals surface area contributed by atoms with Gasteiger partial charge in [-0.25, -0.2) is 0 Å². The molecule has 1 fully saturated rings. The van der Waals surface area contributed by atoms with Crippen LogP contribution in [0.2, 0.25) is 0 Å². The average Bonchev–Trinajstić information content (AvgIpc) is 1.78. The summed E-state index contributed by atoms with van der Waals surface area (Å²) in [6.45, 7) is 3.67. The number of hydrogen-bond donors (Lipinski definition) is 22. The lowest BCUT2D eigenvalue weighted by Gasteiger charge is -2.28. The van der Waals surface area contributed by atoms with Gasteiger partial charge < -0.3 is 119 Å². The molecule has 0 aromatic heterocycles. The number of carboxylic acid groups (broad SMARTS) is 2. The van der Waals surface area contributed by atoms with Gasteiger partial charge in [-0.2, -0.15) is 11.8 Å². The maximum absolute atomic E-state index is 14.8. The number of rotatable bonds is 58. The fourth-order valence-electron chi connectivity index (χ4n) is 12.0. The Labute approximate surface area is 661 Å². The summed E-state index contributed by atoms with van der Waals surface area (Å²) >= 11 is 1.43. The van der Waals surface area contributed by atoms with E-state index in [1.54, 1.807) is 44.2 Å². The summed E-state index contributed by atoms with van der Waals surface area (Å²) in [6.07, 6.45) is 1.98. The van der Waals surface area contributed by atoms with Gasteiger partial charge in [-0.1, -0.05) is 56.3 Å². The third kappa shape index (κ3) is 38.3. The van der Waals surface area contributed by atoms with E-state index in [9.17, 15) is 92.0 Å². The van der Waals surface area contributed by atoms with Crippen molar-refractivity contribution in [2.24, 2.45) is 40.3 Å². The number of benzene rings is 2. The van der Waals surface area contributed by atoms with Crippen LogP contribution in [0.5, 0.6) is 5.75 Å². The van der Waals surface area contributed by atoms with E-state index < -0.39 is 181 Å². The summed E-state index contributed by atoms with van der Waals surface area (Å²) in [7, 11) is 0. The van der Waals surface area contributed by atoms with E-state index in [-0.39, 0.29) is 153 Å². The van der Waals surface area contributed by atoms with Crippen molar-refractivity contribution in [3.63, 3.8) is 0 Å². The van der Waals surface area contributed by atoms with Gasteiger partial charge in [-0.15, -0.1) is 0 Å². The van der Waals surface area contributed by atoms with Gasteiger partial charge in [0, 0.05) is 19.3 Å². The molecule has 0 aliphatic carbocycles. The molecule has 1 saturated heterocycles. The first-order chi connectivity index (χ1) is 53.9. The summed E-state index contributed by atoms with van der Waals surface area (Å²) in [5.41, 5.74) is 35.4. The Morgan fingerprint density at radius 2 is 0.779 bits per heavy atom. The first-order valence-corrected chi connectivity index (χ1v) is 39.7. The molecular formula is C74H119N19O19S. The van der Waals surface area contributed by atoms with Gasteiger partial charge in [-0.05, 0) is 189 Å². The second-order valence-electron chi connectivity index (χ2n) is 28.1. The lowest BCUT2D eigenvalue weighted by molar-refractivity contribution is -0.142. The van der Waals surface area contributed by atoms with E-state index in [0.29, 0.717) is 49.0 Å². The Morgan fingerprint density at radius 1 is 0.434 bits per heavy atom. The van der Waals surface area contributed by atoms with Crippen LogP contribution < -0.4 is 104 Å². The van der Waals surface area contributed by atoms with Crippen LogP contribution in [-0.2, 0) is 89.6 Å². The zero-order chi connectivity index (χ0) is 84.0. The maximum Gasteiger partial charge on any atom is 0.305 e. The van der Waals surface area contributed by atoms with Crippen LogP contribution in [0, 0.1) is 5.92 Å². The van der Waals surface area contributed by atoms with Crippen molar-refractivity contribution in [2.45, 2.75) is 234 Å². The zero-order valence-corrected chi connectivity index (χ0v) is 65.5. The number of amides is 14. The average molecular weight is 1610 g/mol. The number of aliphatic carboxylic acids is 2. The number of unbranched alkanes of at least 4 members (excludes halogenated alkanes) is 5. The van der Waals surface area contributed by atoms with Crippen LogP contribution >= 0.6 is 11.8 Å². The molecule has 2 aromatic rings. The Morgan fingerprint density at radius 3 is 1.14 bits per heavy atom. The maximum atomic E-state index is 14.8. The van der Waals surface area contributed by atoms with Gasteiger partial charge in [-0.3, -0.25) is 76.7 Å². The number of nitrogens with two attached hydrogens (primary N) is 6. The van der Waals surface area contributed by atoms with Crippen LogP contribution in [0.25, 0.3) is 0 Å². The monoisotopic (exact) mass is 1610 g/mol. The highest BCUT2D eigenvalue weighted by Gasteiger charge is 2.38. The predicted molar refractivity (Wildman–Crippen MR) is 418 cm³/mol. The second kappa shape index (κ2) is 53.8. The molecule has 0 unspecified atom stereocenters. The normalized spacial score (nSPS) is 15.3. The van der Waals surface area contributed by atoms with E-state index in [0.717, 1.165) is 0 Å². The number of hydrogen-bond acceptors (Lipinski definition) is 23. The lowest BCUT2D eigenvalue weighted by Crippen LogP contribution is -2.61. The van der Waals surface area contributed by atoms with Crippen LogP contribution in [0.4, 0.5) is 0 Å². The molecule has 0 radical (unpaired) electrons. The van der Waals surface area contributed by atoms with Crippen molar-refractivity contribution < 1.29 is 92.0 Å². The summed E-state index contributed by atoms with van der Waals surface area (Å²) in [6, 6.07) is -3.62. The van der Waals surface area contributed by atoms with Crippen molar-refractivity contribution >= 4 is 106 Å². The van der Waals surface area contributed by atoms with Crippen LogP contribution in [0.1, 0.15) is 160 Å². The third-order valence-electron chi connectivity index (χ3n) is 18.2. The van der Waals surface area contributed by atoms with Crippen molar-refractivity contribution in [3.05, 3.63) is 65.7 Å². The van der Waals surface area contributed by atoms with Crippen molar-refractivity contribution in [2.75, 3.05) is 51.3 Å². The van der Waals surface area contributed by atoms with E-state index in [1.165, 1.54) is 36.0 Å². The fourth-order valence-corrected chi connectivity index (χ4v) is 12.5. The molecule has 2 aromatic carbocycles. The number of carbonyl (C=O) groups excluding carboxylic acids is 14. The molecule has 1 aliphatic heterocycles. The first-order valence-electron chi connectivity index (χ1n) is 38.3. The largest absolute Gasteiger partial charge is 0.508 e. The Balaban J connectivity index is 1.98. The molecule has 0 bridgehead atoms. The van der Waals surface area contributed by atoms with Crippen LogP contribution in [0.15, 0.2) is 54.6 Å². The Bertz CT molecular complexity index is 3440. The lowest BCUT2D eigenvalue weighted by atomic mass is 10.0. The van der Waals surface area contributed by atoms with E-state index >= 15 is 0 Å². The number of carbonyl (C=O) groups is 16. The van der Waals surface area contributed by atoms with Crippen LogP contribution in [-0.4, -0.2) is 234 Å². The summed E-state index contributed by atoms with van der Waals surface area (Å²) in [4.78, 5) is 220. The van der Waals surface area contributed by atoms with Gasteiger partial charge in [0.1, 0.15) is 78.3 Å². The van der Waals surface area contributed by atoms with E-state index in [4.69, 9.17) is 34.4 Å². The molecule has 39 heteroatoms. The molecule has 3 rings (SSSR count). The Hall–Kier alpha value is -10.1. The van der Waals surface area contributed by atoms with E-state index in [1.807, 2.05) is 6.26 Å². The molecule has 1 aliphatic rings. The number of carboxylic acids is 2. The predicted octanol–water partition coefficient (Wildman–Crippen LogP) is -4.22. The molecule has 38 nitrogen and oxygen atoms in total. The van der Waals surface area contributed by atoms with Gasteiger partial charge in [0.25, 0.3) is 0 Å². The van der Waals surface area contributed by atoms with E-state index in [2.05, 4.69) is 69.1 Å². The number of aromatic hydroxyl groups is 1. The van der Waals surface area contributed by atoms with Gasteiger partial charge in [0.05, 0.1) is 19.4 Å². The minimum Gasteiger partial charge on any atom is -0.508 e. The minimum absolute atomic E-state index is 0.0704. The van der Waals surface area contributed by atoms with Crippen LogP contribution in [0.3, 0.4) is 0 Å². The summed E-state index contributed by atoms with van der Waals surface area (Å²) in [5.74, 6) is -15.5. The minimum atomic E-state index is -1.99. The van der Waals surface area contributed by atoms with Gasteiger partial charge >= 0.3 is 11.9 Å². The van der Waals surface area contributed by atoms with Crippen molar-refractivity contribution in [3.8, 4) is 5.75 Å². The molecular weight excluding hydrogens is 1490 g/mol. The number of nitrogens with one attached hydrogen (secondary N) is 13. The molecule has 0 saturated carbocycles. The quantitative estimate of drug-likeness (QED) is 0.0279. The highest BCUT2D eigenvalue weighted by Crippen LogP contribution is 2.17. The fraction of sp³-hybridized carbons (Fsp3) is 0.622. The third-order valence-corrected chi connectivity index (χ3v) is 18.9. The first kappa shape index (κ1) is 97.1. The summed E-state index contributed by atoms with van der Waals surface area (Å²) in [5, 5.41) is 63.4.